The van der Waals surface area contributed by atoms with Crippen LogP contribution in [0.5, 0.6) is 5.75 Å². The standard InChI is InChI=1S/C18H31NO2/c1-4-7-15(8-5-2)14-21-17-10-6-9-16(11-17)12-18(13-19)20-3/h6,9-11,15,18H,4-5,7-8,12-14,19H2,1-3H3. The number of ether oxygens (including phenoxy) is 2. The predicted molar refractivity (Wildman–Crippen MR) is 88.8 cm³/mol. The van der Waals surface area contributed by atoms with Crippen LogP contribution in [0.25, 0.3) is 0 Å². The maximum Gasteiger partial charge on any atom is 0.119 e. The van der Waals surface area contributed by atoms with Crippen molar-refractivity contribution in [3.8, 4) is 5.75 Å². The molecule has 1 rings (SSSR count). The lowest BCUT2D eigenvalue weighted by atomic mass is 9.99. The lowest BCUT2D eigenvalue weighted by Gasteiger charge is -2.17. The summed E-state index contributed by atoms with van der Waals surface area (Å²) in [6, 6.07) is 8.28. The van der Waals surface area contributed by atoms with E-state index in [4.69, 9.17) is 15.2 Å². The lowest BCUT2D eigenvalue weighted by molar-refractivity contribution is 0.110. The first-order valence-corrected chi connectivity index (χ1v) is 8.18. The van der Waals surface area contributed by atoms with Crippen molar-refractivity contribution < 1.29 is 9.47 Å². The van der Waals surface area contributed by atoms with Crippen molar-refractivity contribution in [2.45, 2.75) is 52.1 Å². The Hall–Kier alpha value is -1.06. The fourth-order valence-electron chi connectivity index (χ4n) is 2.63. The van der Waals surface area contributed by atoms with Gasteiger partial charge in [-0.25, -0.2) is 0 Å². The van der Waals surface area contributed by atoms with Crippen molar-refractivity contribution in [3.63, 3.8) is 0 Å². The lowest BCUT2D eigenvalue weighted by Crippen LogP contribution is -2.24. The molecule has 1 aromatic carbocycles. The van der Waals surface area contributed by atoms with Crippen molar-refractivity contribution in [2.24, 2.45) is 11.7 Å². The second-order valence-corrected chi connectivity index (χ2v) is 5.70. The molecule has 0 amide bonds. The van der Waals surface area contributed by atoms with Gasteiger partial charge in [0.05, 0.1) is 12.7 Å². The third-order valence-electron chi connectivity index (χ3n) is 3.84. The van der Waals surface area contributed by atoms with Gasteiger partial charge < -0.3 is 15.2 Å². The first kappa shape index (κ1) is 18.0. The van der Waals surface area contributed by atoms with E-state index in [9.17, 15) is 0 Å². The van der Waals surface area contributed by atoms with E-state index in [0.29, 0.717) is 12.5 Å². The fraction of sp³-hybridized carbons (Fsp3) is 0.667. The van der Waals surface area contributed by atoms with Crippen LogP contribution in [0.15, 0.2) is 24.3 Å². The summed E-state index contributed by atoms with van der Waals surface area (Å²) in [5, 5.41) is 0. The molecule has 0 fully saturated rings. The van der Waals surface area contributed by atoms with E-state index < -0.39 is 0 Å². The molecule has 1 unspecified atom stereocenters. The molecule has 0 aromatic heterocycles. The van der Waals surface area contributed by atoms with Crippen LogP contribution in [-0.4, -0.2) is 26.4 Å². The Kier molecular flexibility index (Phi) is 9.11. The van der Waals surface area contributed by atoms with E-state index in [2.05, 4.69) is 26.0 Å². The molecule has 0 aliphatic rings. The van der Waals surface area contributed by atoms with E-state index in [1.165, 1.54) is 31.2 Å². The van der Waals surface area contributed by atoms with Crippen molar-refractivity contribution in [1.82, 2.24) is 0 Å². The Morgan fingerprint density at radius 2 is 1.86 bits per heavy atom. The number of benzene rings is 1. The molecule has 0 radical (unpaired) electrons. The van der Waals surface area contributed by atoms with E-state index in [1.807, 2.05) is 12.1 Å². The molecule has 21 heavy (non-hydrogen) atoms. The van der Waals surface area contributed by atoms with Gasteiger partial charge in [0.2, 0.25) is 0 Å². The minimum Gasteiger partial charge on any atom is -0.493 e. The summed E-state index contributed by atoms with van der Waals surface area (Å²) in [6.45, 7) is 5.83. The summed E-state index contributed by atoms with van der Waals surface area (Å²) in [5.41, 5.74) is 6.89. The Morgan fingerprint density at radius 1 is 1.14 bits per heavy atom. The second-order valence-electron chi connectivity index (χ2n) is 5.70. The van der Waals surface area contributed by atoms with Crippen LogP contribution in [-0.2, 0) is 11.2 Å². The largest absolute Gasteiger partial charge is 0.493 e. The number of nitrogens with two attached hydrogens (primary N) is 1. The molecule has 3 nitrogen and oxygen atoms in total. The van der Waals surface area contributed by atoms with Gasteiger partial charge in [0.1, 0.15) is 5.75 Å². The molecule has 0 saturated carbocycles. The number of rotatable bonds is 11. The van der Waals surface area contributed by atoms with Gasteiger partial charge in [0, 0.05) is 13.7 Å². The first-order chi connectivity index (χ1) is 10.2. The van der Waals surface area contributed by atoms with Crippen LogP contribution in [0.2, 0.25) is 0 Å². The zero-order valence-electron chi connectivity index (χ0n) is 13.8. The minimum absolute atomic E-state index is 0.0770. The molecule has 3 heteroatoms. The van der Waals surface area contributed by atoms with Gasteiger partial charge in [-0.15, -0.1) is 0 Å². The smallest absolute Gasteiger partial charge is 0.119 e. The number of hydrogen-bond donors (Lipinski definition) is 1. The van der Waals surface area contributed by atoms with E-state index in [-0.39, 0.29) is 6.10 Å². The molecule has 0 aliphatic heterocycles. The molecule has 0 saturated heterocycles. The zero-order valence-corrected chi connectivity index (χ0v) is 13.8. The Balaban J connectivity index is 2.55. The molecule has 1 aromatic rings. The van der Waals surface area contributed by atoms with E-state index in [1.54, 1.807) is 7.11 Å². The normalized spacial score (nSPS) is 12.6. The highest BCUT2D eigenvalue weighted by atomic mass is 16.5. The number of hydrogen-bond acceptors (Lipinski definition) is 3. The molecule has 120 valence electrons. The molecular weight excluding hydrogens is 262 g/mol. The minimum atomic E-state index is 0.0770. The van der Waals surface area contributed by atoms with Crippen LogP contribution in [0, 0.1) is 5.92 Å². The monoisotopic (exact) mass is 293 g/mol. The molecule has 0 bridgehead atoms. The van der Waals surface area contributed by atoms with Crippen molar-refractivity contribution in [1.29, 1.82) is 0 Å². The van der Waals surface area contributed by atoms with Crippen LogP contribution in [0.4, 0.5) is 0 Å². The Bertz CT molecular complexity index is 371. The highest BCUT2D eigenvalue weighted by Gasteiger charge is 2.09. The summed E-state index contributed by atoms with van der Waals surface area (Å²) >= 11 is 0. The average molecular weight is 293 g/mol. The van der Waals surface area contributed by atoms with Gasteiger partial charge in [-0.1, -0.05) is 38.8 Å². The average Bonchev–Trinajstić information content (AvgIpc) is 2.51. The van der Waals surface area contributed by atoms with Crippen LogP contribution in [0.1, 0.15) is 45.1 Å². The van der Waals surface area contributed by atoms with Crippen LogP contribution >= 0.6 is 0 Å². The van der Waals surface area contributed by atoms with E-state index >= 15 is 0 Å². The van der Waals surface area contributed by atoms with Gasteiger partial charge >= 0.3 is 0 Å². The maximum absolute atomic E-state index is 5.99. The second kappa shape index (κ2) is 10.6. The molecule has 2 N–H and O–H groups in total. The fourth-order valence-corrected chi connectivity index (χ4v) is 2.63. The van der Waals surface area contributed by atoms with Gasteiger partial charge in [0.15, 0.2) is 0 Å². The SMILES string of the molecule is CCCC(CCC)COc1cccc(CC(CN)OC)c1. The number of methoxy groups -OCH3 is 1. The van der Waals surface area contributed by atoms with Crippen molar-refractivity contribution >= 4 is 0 Å². The molecule has 1 atom stereocenters. The summed E-state index contributed by atoms with van der Waals surface area (Å²) in [7, 11) is 1.71. The van der Waals surface area contributed by atoms with Gasteiger partial charge in [-0.3, -0.25) is 0 Å². The topological polar surface area (TPSA) is 44.5 Å². The Labute approximate surface area is 129 Å². The molecule has 0 aliphatic carbocycles. The van der Waals surface area contributed by atoms with Crippen molar-refractivity contribution in [2.75, 3.05) is 20.3 Å². The van der Waals surface area contributed by atoms with Gasteiger partial charge in [-0.05, 0) is 42.9 Å². The Morgan fingerprint density at radius 3 is 2.43 bits per heavy atom. The summed E-state index contributed by atoms with van der Waals surface area (Å²) in [4.78, 5) is 0. The van der Waals surface area contributed by atoms with Gasteiger partial charge in [0.25, 0.3) is 0 Å². The molecule has 0 heterocycles. The summed E-state index contributed by atoms with van der Waals surface area (Å²) in [6.07, 6.45) is 5.84. The maximum atomic E-state index is 5.99. The quantitative estimate of drug-likeness (QED) is 0.675. The van der Waals surface area contributed by atoms with Gasteiger partial charge in [-0.2, -0.15) is 0 Å². The first-order valence-electron chi connectivity index (χ1n) is 8.18. The van der Waals surface area contributed by atoms with Crippen LogP contribution < -0.4 is 10.5 Å². The highest BCUT2D eigenvalue weighted by Crippen LogP contribution is 2.19. The van der Waals surface area contributed by atoms with Crippen molar-refractivity contribution in [3.05, 3.63) is 29.8 Å². The molecular formula is C18H31NO2. The van der Waals surface area contributed by atoms with Crippen LogP contribution in [0.3, 0.4) is 0 Å². The zero-order chi connectivity index (χ0) is 15.5. The summed E-state index contributed by atoms with van der Waals surface area (Å²) < 4.78 is 11.3. The predicted octanol–water partition coefficient (Wildman–Crippen LogP) is 3.80. The highest BCUT2D eigenvalue weighted by molar-refractivity contribution is 5.29. The molecule has 0 spiro atoms. The van der Waals surface area contributed by atoms with E-state index in [0.717, 1.165) is 18.8 Å². The third kappa shape index (κ3) is 6.96. The third-order valence-corrected chi connectivity index (χ3v) is 3.84. The summed E-state index contributed by atoms with van der Waals surface area (Å²) in [5.74, 6) is 1.62.